The largest absolute Gasteiger partial charge is 0.465 e. The van der Waals surface area contributed by atoms with E-state index in [9.17, 15) is 27.2 Å². The Morgan fingerprint density at radius 3 is 1.94 bits per heavy atom. The fraction of sp³-hybridized carbons (Fsp3) is 0.160. The first-order chi connectivity index (χ1) is 17.1. The van der Waals surface area contributed by atoms with E-state index in [1.807, 2.05) is 0 Å². The summed E-state index contributed by atoms with van der Waals surface area (Å²) in [5, 5.41) is 2.54. The summed E-state index contributed by atoms with van der Waals surface area (Å²) in [5.74, 6) is -2.88. The van der Waals surface area contributed by atoms with E-state index in [1.165, 1.54) is 18.2 Å². The molecule has 3 aromatic carbocycles. The van der Waals surface area contributed by atoms with Crippen LogP contribution in [0.2, 0.25) is 0 Å². The van der Waals surface area contributed by atoms with Crippen molar-refractivity contribution in [2.45, 2.75) is 17.4 Å². The molecule has 0 saturated heterocycles. The van der Waals surface area contributed by atoms with Crippen LogP contribution in [0.3, 0.4) is 0 Å². The van der Waals surface area contributed by atoms with Gasteiger partial charge in [0, 0.05) is 5.69 Å². The van der Waals surface area contributed by atoms with Crippen molar-refractivity contribution in [1.82, 2.24) is 4.72 Å². The minimum absolute atomic E-state index is 0.0202. The molecule has 9 nitrogen and oxygen atoms in total. The van der Waals surface area contributed by atoms with Gasteiger partial charge in [0.25, 0.3) is 0 Å². The second kappa shape index (κ2) is 11.6. The van der Waals surface area contributed by atoms with Crippen LogP contribution < -0.4 is 10.0 Å². The Labute approximate surface area is 207 Å². The van der Waals surface area contributed by atoms with E-state index in [1.54, 1.807) is 30.3 Å². The van der Waals surface area contributed by atoms with Crippen LogP contribution in [0.25, 0.3) is 0 Å². The number of carbonyl (C=O) groups excluding carboxylic acids is 3. The fourth-order valence-electron chi connectivity index (χ4n) is 3.31. The first-order valence-corrected chi connectivity index (χ1v) is 12.1. The van der Waals surface area contributed by atoms with E-state index in [0.717, 1.165) is 38.5 Å². The SMILES string of the molecule is COC(=O)c1cc(NC(=O)[C@H](Cc2ccccc2)NS(=O)(=O)c2ccc(F)cc2)cc(C(=O)OC)c1. The number of ether oxygens (including phenoxy) is 2. The molecular weight excluding hydrogens is 491 g/mol. The van der Waals surface area contributed by atoms with Crippen LogP contribution in [0.5, 0.6) is 0 Å². The maximum atomic E-state index is 13.3. The van der Waals surface area contributed by atoms with Crippen molar-refractivity contribution >= 4 is 33.6 Å². The molecule has 0 fully saturated rings. The highest BCUT2D eigenvalue weighted by atomic mass is 32.2. The third kappa shape index (κ3) is 6.74. The minimum Gasteiger partial charge on any atom is -0.465 e. The summed E-state index contributed by atoms with van der Waals surface area (Å²) in [7, 11) is -1.89. The van der Waals surface area contributed by atoms with Gasteiger partial charge < -0.3 is 14.8 Å². The number of sulfonamides is 1. The Kier molecular flexibility index (Phi) is 8.51. The summed E-state index contributed by atoms with van der Waals surface area (Å²) in [6.45, 7) is 0. The van der Waals surface area contributed by atoms with Crippen LogP contribution in [0.15, 0.2) is 77.7 Å². The lowest BCUT2D eigenvalue weighted by molar-refractivity contribution is -0.117. The first kappa shape index (κ1) is 26.5. The Bertz CT molecular complexity index is 1330. The Morgan fingerprint density at radius 1 is 0.861 bits per heavy atom. The number of carbonyl (C=O) groups is 3. The topological polar surface area (TPSA) is 128 Å². The minimum atomic E-state index is -4.21. The van der Waals surface area contributed by atoms with Gasteiger partial charge in [-0.2, -0.15) is 4.72 Å². The van der Waals surface area contributed by atoms with Gasteiger partial charge in [-0.15, -0.1) is 0 Å². The highest BCUT2D eigenvalue weighted by Gasteiger charge is 2.27. The van der Waals surface area contributed by atoms with E-state index in [0.29, 0.717) is 5.56 Å². The quantitative estimate of drug-likeness (QED) is 0.420. The smallest absolute Gasteiger partial charge is 0.337 e. The Hall–Kier alpha value is -4.09. The van der Waals surface area contributed by atoms with Gasteiger partial charge in [-0.05, 0) is 54.4 Å². The molecule has 0 aliphatic rings. The van der Waals surface area contributed by atoms with Gasteiger partial charge in [0.1, 0.15) is 11.9 Å². The lowest BCUT2D eigenvalue weighted by Gasteiger charge is -2.19. The predicted molar refractivity (Wildman–Crippen MR) is 128 cm³/mol. The molecule has 3 aromatic rings. The third-order valence-corrected chi connectivity index (χ3v) is 6.55. The van der Waals surface area contributed by atoms with E-state index >= 15 is 0 Å². The molecule has 0 aromatic heterocycles. The molecule has 11 heteroatoms. The predicted octanol–water partition coefficient (Wildman–Crippen LogP) is 2.93. The van der Waals surface area contributed by atoms with E-state index in [-0.39, 0.29) is 28.1 Å². The van der Waals surface area contributed by atoms with Gasteiger partial charge in [-0.3, -0.25) is 4.79 Å². The van der Waals surface area contributed by atoms with Gasteiger partial charge in [0.15, 0.2) is 0 Å². The number of rotatable bonds is 9. The maximum absolute atomic E-state index is 13.3. The third-order valence-electron chi connectivity index (χ3n) is 5.06. The molecule has 0 spiro atoms. The zero-order valence-electron chi connectivity index (χ0n) is 19.4. The van der Waals surface area contributed by atoms with Crippen molar-refractivity contribution in [3.05, 3.63) is 95.3 Å². The van der Waals surface area contributed by atoms with Crippen LogP contribution >= 0.6 is 0 Å². The number of halogens is 1. The van der Waals surface area contributed by atoms with Crippen LogP contribution in [0.1, 0.15) is 26.3 Å². The lowest BCUT2D eigenvalue weighted by atomic mass is 10.1. The van der Waals surface area contributed by atoms with E-state index < -0.39 is 39.7 Å². The van der Waals surface area contributed by atoms with Crippen molar-refractivity contribution < 1.29 is 36.7 Å². The molecule has 0 radical (unpaired) electrons. The van der Waals surface area contributed by atoms with Crippen LogP contribution in [0, 0.1) is 5.82 Å². The summed E-state index contributed by atoms with van der Waals surface area (Å²) in [6.07, 6.45) is -0.0202. The number of amides is 1. The monoisotopic (exact) mass is 514 g/mol. The molecule has 0 saturated carbocycles. The highest BCUT2D eigenvalue weighted by Crippen LogP contribution is 2.19. The number of nitrogens with one attached hydrogen (secondary N) is 2. The Balaban J connectivity index is 1.94. The van der Waals surface area contributed by atoms with Crippen molar-refractivity contribution in [1.29, 1.82) is 0 Å². The van der Waals surface area contributed by atoms with Crippen molar-refractivity contribution in [2.75, 3.05) is 19.5 Å². The van der Waals surface area contributed by atoms with Crippen molar-refractivity contribution in [3.63, 3.8) is 0 Å². The number of esters is 2. The van der Waals surface area contributed by atoms with Crippen molar-refractivity contribution in [2.24, 2.45) is 0 Å². The molecule has 0 bridgehead atoms. The molecule has 188 valence electrons. The van der Waals surface area contributed by atoms with E-state index in [2.05, 4.69) is 10.0 Å². The lowest BCUT2D eigenvalue weighted by Crippen LogP contribution is -2.45. The van der Waals surface area contributed by atoms with Gasteiger partial charge in [0.2, 0.25) is 15.9 Å². The van der Waals surface area contributed by atoms with Crippen LogP contribution in [-0.2, 0) is 30.7 Å². The summed E-state index contributed by atoms with van der Waals surface area (Å²) < 4.78 is 50.9. The second-order valence-corrected chi connectivity index (χ2v) is 9.30. The zero-order chi connectivity index (χ0) is 26.3. The molecule has 1 atom stereocenters. The number of hydrogen-bond donors (Lipinski definition) is 2. The number of benzene rings is 3. The summed E-state index contributed by atoms with van der Waals surface area (Å²) in [5.41, 5.74) is 0.657. The second-order valence-electron chi connectivity index (χ2n) is 7.59. The fourth-order valence-corrected chi connectivity index (χ4v) is 4.50. The van der Waals surface area contributed by atoms with E-state index in [4.69, 9.17) is 9.47 Å². The molecule has 36 heavy (non-hydrogen) atoms. The molecule has 0 aliphatic heterocycles. The van der Waals surface area contributed by atoms with Gasteiger partial charge in [0.05, 0.1) is 30.2 Å². The standard InChI is InChI=1S/C25H23FN2O7S/c1-34-24(30)17-13-18(25(31)35-2)15-20(14-17)27-23(29)22(12-16-6-4-3-5-7-16)28-36(32,33)21-10-8-19(26)9-11-21/h3-11,13-15,22,28H,12H2,1-2H3,(H,27,29)/t22-/m0/s1. The molecular formula is C25H23FN2O7S. The summed E-state index contributed by atoms with van der Waals surface area (Å²) >= 11 is 0. The molecule has 0 aliphatic carbocycles. The normalized spacial score (nSPS) is 11.9. The number of methoxy groups -OCH3 is 2. The zero-order valence-corrected chi connectivity index (χ0v) is 20.2. The number of hydrogen-bond acceptors (Lipinski definition) is 7. The number of anilines is 1. The van der Waals surface area contributed by atoms with Crippen molar-refractivity contribution in [3.8, 4) is 0 Å². The molecule has 2 N–H and O–H groups in total. The van der Waals surface area contributed by atoms with Crippen LogP contribution in [-0.4, -0.2) is 46.5 Å². The van der Waals surface area contributed by atoms with Crippen LogP contribution in [0.4, 0.5) is 10.1 Å². The Morgan fingerprint density at radius 2 is 1.42 bits per heavy atom. The van der Waals surface area contributed by atoms with Gasteiger partial charge in [-0.1, -0.05) is 30.3 Å². The molecule has 0 unspecified atom stereocenters. The molecule has 1 amide bonds. The average molecular weight is 515 g/mol. The highest BCUT2D eigenvalue weighted by molar-refractivity contribution is 7.89. The van der Waals surface area contributed by atoms with Gasteiger partial charge >= 0.3 is 11.9 Å². The molecule has 0 heterocycles. The first-order valence-electron chi connectivity index (χ1n) is 10.6. The van der Waals surface area contributed by atoms with Gasteiger partial charge in [-0.25, -0.2) is 22.4 Å². The average Bonchev–Trinajstić information content (AvgIpc) is 2.87. The summed E-state index contributed by atoms with van der Waals surface area (Å²) in [4.78, 5) is 37.1. The maximum Gasteiger partial charge on any atom is 0.337 e. The molecule has 3 rings (SSSR count). The summed E-state index contributed by atoms with van der Waals surface area (Å²) in [6, 6.07) is 15.3.